The Hall–Kier alpha value is -2.07. The van der Waals surface area contributed by atoms with Gasteiger partial charge in [0.2, 0.25) is 0 Å². The molecule has 0 fully saturated rings. The largest absolute Gasteiger partial charge is 0.496 e. The molecule has 0 saturated carbocycles. The second kappa shape index (κ2) is 8.15. The highest BCUT2D eigenvalue weighted by Crippen LogP contribution is 2.31. The van der Waals surface area contributed by atoms with E-state index >= 15 is 0 Å². The Labute approximate surface area is 149 Å². The summed E-state index contributed by atoms with van der Waals surface area (Å²) in [5.41, 5.74) is 4.56. The molecule has 0 amide bonds. The van der Waals surface area contributed by atoms with Gasteiger partial charge in [0.1, 0.15) is 23.9 Å². The van der Waals surface area contributed by atoms with Gasteiger partial charge in [0.25, 0.3) is 0 Å². The Balaban J connectivity index is 2.28. The van der Waals surface area contributed by atoms with E-state index in [-0.39, 0.29) is 0 Å². The molecule has 2 rings (SSSR count). The lowest BCUT2D eigenvalue weighted by Gasteiger charge is -2.17. The van der Waals surface area contributed by atoms with Crippen molar-refractivity contribution in [3.8, 4) is 17.2 Å². The highest BCUT2D eigenvalue weighted by Gasteiger charge is 2.13. The van der Waals surface area contributed by atoms with E-state index in [1.807, 2.05) is 18.2 Å². The molecule has 0 radical (unpaired) electrons. The predicted molar refractivity (Wildman–Crippen MR) is 102 cm³/mol. The topological polar surface area (TPSA) is 27.7 Å². The number of rotatable bonds is 6. The molecule has 4 heteroatoms. The van der Waals surface area contributed by atoms with Gasteiger partial charge in [0.15, 0.2) is 5.05 Å². The first-order valence-electron chi connectivity index (χ1n) is 8.03. The van der Waals surface area contributed by atoms with Crippen molar-refractivity contribution in [3.05, 3.63) is 52.6 Å². The van der Waals surface area contributed by atoms with Crippen molar-refractivity contribution in [2.75, 3.05) is 7.11 Å². The Kier molecular flexibility index (Phi) is 6.21. The lowest BCUT2D eigenvalue weighted by molar-refractivity contribution is 0.290. The number of benzene rings is 2. The number of methoxy groups -OCH3 is 1. The van der Waals surface area contributed by atoms with Gasteiger partial charge in [0.05, 0.1) is 12.7 Å². The summed E-state index contributed by atoms with van der Waals surface area (Å²) in [6.07, 6.45) is 1.02. The highest BCUT2D eigenvalue weighted by atomic mass is 32.1. The number of ether oxygens (including phenoxy) is 3. The molecule has 0 aliphatic rings. The number of hydrogen-bond acceptors (Lipinski definition) is 4. The number of hydrogen-bond donors (Lipinski definition) is 0. The van der Waals surface area contributed by atoms with Crippen LogP contribution in [-0.4, -0.2) is 12.2 Å². The Bertz CT molecular complexity index is 738. The minimum Gasteiger partial charge on any atom is -0.496 e. The highest BCUT2D eigenvalue weighted by molar-refractivity contribution is 7.80. The van der Waals surface area contributed by atoms with Crippen LogP contribution in [0.4, 0.5) is 0 Å². The average molecular weight is 344 g/mol. The van der Waals surface area contributed by atoms with Gasteiger partial charge >= 0.3 is 0 Å². The van der Waals surface area contributed by atoms with Crippen molar-refractivity contribution in [3.63, 3.8) is 0 Å². The first-order valence-corrected chi connectivity index (χ1v) is 8.44. The zero-order chi connectivity index (χ0) is 17.7. The fourth-order valence-electron chi connectivity index (χ4n) is 2.67. The summed E-state index contributed by atoms with van der Waals surface area (Å²) in [5.74, 6) is 2.27. The van der Waals surface area contributed by atoms with E-state index in [1.165, 1.54) is 11.1 Å². The summed E-state index contributed by atoms with van der Waals surface area (Å²) in [6, 6.07) is 9.92. The normalized spacial score (nSPS) is 10.4. The summed E-state index contributed by atoms with van der Waals surface area (Å²) in [6.45, 7) is 8.44. The van der Waals surface area contributed by atoms with Crippen molar-refractivity contribution in [2.45, 2.75) is 40.7 Å². The van der Waals surface area contributed by atoms with Crippen molar-refractivity contribution in [1.29, 1.82) is 0 Å². The quantitative estimate of drug-likeness (QED) is 0.675. The maximum Gasteiger partial charge on any atom is 0.164 e. The summed E-state index contributed by atoms with van der Waals surface area (Å²) in [5, 5.41) is 0.462. The van der Waals surface area contributed by atoms with E-state index in [1.54, 1.807) is 14.0 Å². The SMILES string of the molecule is CCc1cc(C)c(OCc2c(OC)cccc2OC(C)=S)cc1C. The Morgan fingerprint density at radius 2 is 1.75 bits per heavy atom. The van der Waals surface area contributed by atoms with Crippen LogP contribution in [0.25, 0.3) is 0 Å². The maximum atomic E-state index is 6.06. The molecule has 0 N–H and O–H groups in total. The maximum absolute atomic E-state index is 6.06. The molecule has 0 aromatic heterocycles. The third kappa shape index (κ3) is 4.26. The van der Waals surface area contributed by atoms with Crippen molar-refractivity contribution < 1.29 is 14.2 Å². The molecule has 0 heterocycles. The molecule has 0 bridgehead atoms. The molecule has 0 aliphatic carbocycles. The molecule has 128 valence electrons. The summed E-state index contributed by atoms with van der Waals surface area (Å²) < 4.78 is 17.1. The summed E-state index contributed by atoms with van der Waals surface area (Å²) in [7, 11) is 1.64. The van der Waals surface area contributed by atoms with Gasteiger partial charge < -0.3 is 14.2 Å². The fraction of sp³-hybridized carbons (Fsp3) is 0.350. The minimum absolute atomic E-state index is 0.355. The van der Waals surface area contributed by atoms with Crippen LogP contribution in [-0.2, 0) is 13.0 Å². The van der Waals surface area contributed by atoms with Crippen LogP contribution in [0.5, 0.6) is 17.2 Å². The molecule has 24 heavy (non-hydrogen) atoms. The molecular formula is C20H24O3S. The molecule has 3 nitrogen and oxygen atoms in total. The number of aryl methyl sites for hydroxylation is 3. The van der Waals surface area contributed by atoms with Crippen LogP contribution >= 0.6 is 12.2 Å². The van der Waals surface area contributed by atoms with Gasteiger partial charge in [-0.3, -0.25) is 0 Å². The van der Waals surface area contributed by atoms with Crippen LogP contribution in [0.2, 0.25) is 0 Å². The zero-order valence-corrected chi connectivity index (χ0v) is 15.8. The Morgan fingerprint density at radius 3 is 2.38 bits per heavy atom. The van der Waals surface area contributed by atoms with Gasteiger partial charge in [-0.05, 0) is 67.4 Å². The fourth-order valence-corrected chi connectivity index (χ4v) is 2.76. The molecule has 2 aromatic rings. The molecule has 0 spiro atoms. The lowest BCUT2D eigenvalue weighted by atomic mass is 10.0. The average Bonchev–Trinajstić information content (AvgIpc) is 2.55. The summed E-state index contributed by atoms with van der Waals surface area (Å²) >= 11 is 5.06. The molecule has 0 atom stereocenters. The van der Waals surface area contributed by atoms with Crippen molar-refractivity contribution in [1.82, 2.24) is 0 Å². The zero-order valence-electron chi connectivity index (χ0n) is 14.9. The van der Waals surface area contributed by atoms with Crippen LogP contribution in [0.3, 0.4) is 0 Å². The van der Waals surface area contributed by atoms with Gasteiger partial charge in [0, 0.05) is 6.92 Å². The van der Waals surface area contributed by atoms with Crippen LogP contribution in [0, 0.1) is 13.8 Å². The van der Waals surface area contributed by atoms with Gasteiger partial charge in [-0.15, -0.1) is 0 Å². The molecule has 0 unspecified atom stereocenters. The second-order valence-electron chi connectivity index (χ2n) is 5.72. The molecule has 0 aliphatic heterocycles. The second-order valence-corrected chi connectivity index (χ2v) is 6.29. The third-order valence-corrected chi connectivity index (χ3v) is 4.03. The Morgan fingerprint density at radius 1 is 1.04 bits per heavy atom. The monoisotopic (exact) mass is 344 g/mol. The van der Waals surface area contributed by atoms with E-state index < -0.39 is 0 Å². The van der Waals surface area contributed by atoms with E-state index in [4.69, 9.17) is 26.4 Å². The third-order valence-electron chi connectivity index (χ3n) is 3.95. The van der Waals surface area contributed by atoms with E-state index in [0.29, 0.717) is 17.4 Å². The number of thiocarbonyl (C=S) groups is 1. The van der Waals surface area contributed by atoms with Gasteiger partial charge in [-0.2, -0.15) is 0 Å². The molecule has 2 aromatic carbocycles. The molecular weight excluding hydrogens is 320 g/mol. The summed E-state index contributed by atoms with van der Waals surface area (Å²) in [4.78, 5) is 0. The van der Waals surface area contributed by atoms with Crippen LogP contribution in [0.15, 0.2) is 30.3 Å². The van der Waals surface area contributed by atoms with Gasteiger partial charge in [-0.1, -0.05) is 19.1 Å². The van der Waals surface area contributed by atoms with E-state index in [2.05, 4.69) is 32.9 Å². The van der Waals surface area contributed by atoms with E-state index in [0.717, 1.165) is 29.0 Å². The first-order chi connectivity index (χ1) is 11.5. The van der Waals surface area contributed by atoms with E-state index in [9.17, 15) is 0 Å². The standard InChI is InChI=1S/C20H24O3S/c1-6-16-10-14(3)20(11-13(16)2)22-12-17-18(21-5)8-7-9-19(17)23-15(4)24/h7-11H,6,12H2,1-5H3. The van der Waals surface area contributed by atoms with Crippen LogP contribution in [0.1, 0.15) is 36.1 Å². The molecule has 0 saturated heterocycles. The van der Waals surface area contributed by atoms with Crippen LogP contribution < -0.4 is 14.2 Å². The van der Waals surface area contributed by atoms with Crippen molar-refractivity contribution in [2.24, 2.45) is 0 Å². The smallest absolute Gasteiger partial charge is 0.164 e. The lowest BCUT2D eigenvalue weighted by Crippen LogP contribution is -2.06. The van der Waals surface area contributed by atoms with Crippen molar-refractivity contribution >= 4 is 17.3 Å². The first kappa shape index (κ1) is 18.3. The van der Waals surface area contributed by atoms with Gasteiger partial charge in [-0.25, -0.2) is 0 Å². The predicted octanol–water partition coefficient (Wildman–Crippen LogP) is 5.18. The minimum atomic E-state index is 0.355.